The van der Waals surface area contributed by atoms with E-state index in [0.717, 1.165) is 0 Å². The lowest BCUT2D eigenvalue weighted by molar-refractivity contribution is 0.666. The smallest absolute Gasteiger partial charge is 0.0361 e. The van der Waals surface area contributed by atoms with Crippen LogP contribution in [0.3, 0.4) is 0 Å². The van der Waals surface area contributed by atoms with Crippen molar-refractivity contribution in [2.24, 2.45) is 0 Å². The molecule has 2 aromatic heterocycles. The molecule has 0 amide bonds. The standard InChI is InChI=1S/C51H32S2/c1-51(2)43-23-20-30(25-40(43)38-22-19-29-27-47-42(28-39(29)50(38)51)33-12-8-10-18-45(33)53-47)48-34-13-3-5-15-36(34)49(37-16-6-4-14-35(37)48)31-21-24-46-41(26-31)32-11-7-9-17-44(32)52-46/h3-28H,1-2H3. The zero-order valence-corrected chi connectivity index (χ0v) is 31.0. The van der Waals surface area contributed by atoms with E-state index in [9.17, 15) is 0 Å². The second kappa shape index (κ2) is 10.6. The third kappa shape index (κ3) is 4.05. The summed E-state index contributed by atoms with van der Waals surface area (Å²) >= 11 is 3.78. The molecule has 12 rings (SSSR count). The lowest BCUT2D eigenvalue weighted by Crippen LogP contribution is -2.15. The Labute approximate surface area is 315 Å². The van der Waals surface area contributed by atoms with Gasteiger partial charge < -0.3 is 0 Å². The largest absolute Gasteiger partial charge is 0.135 e. The minimum atomic E-state index is -0.124. The van der Waals surface area contributed by atoms with Crippen LogP contribution in [0.5, 0.6) is 0 Å². The Kier molecular flexibility index (Phi) is 5.97. The predicted molar refractivity (Wildman–Crippen MR) is 233 cm³/mol. The molecule has 0 atom stereocenters. The maximum absolute atomic E-state index is 2.49. The van der Waals surface area contributed by atoms with Gasteiger partial charge in [0.25, 0.3) is 0 Å². The molecule has 0 saturated carbocycles. The van der Waals surface area contributed by atoms with Gasteiger partial charge in [0.1, 0.15) is 0 Å². The number of thiophene rings is 2. The zero-order valence-electron chi connectivity index (χ0n) is 29.3. The van der Waals surface area contributed by atoms with E-state index in [0.29, 0.717) is 0 Å². The van der Waals surface area contributed by atoms with Crippen LogP contribution in [-0.2, 0) is 5.41 Å². The molecule has 1 aliphatic rings. The first-order valence-electron chi connectivity index (χ1n) is 18.4. The monoisotopic (exact) mass is 708 g/mol. The molecular formula is C51H32S2. The molecule has 0 nitrogen and oxygen atoms in total. The first-order chi connectivity index (χ1) is 26.0. The number of rotatable bonds is 2. The topological polar surface area (TPSA) is 0 Å². The van der Waals surface area contributed by atoms with E-state index in [4.69, 9.17) is 0 Å². The van der Waals surface area contributed by atoms with Crippen LogP contribution in [0.1, 0.15) is 25.0 Å². The van der Waals surface area contributed by atoms with Crippen LogP contribution in [0.25, 0.3) is 106 Å². The second-order valence-electron chi connectivity index (χ2n) is 15.2. The Morgan fingerprint density at radius 3 is 1.51 bits per heavy atom. The van der Waals surface area contributed by atoms with E-state index in [1.165, 1.54) is 117 Å². The fourth-order valence-corrected chi connectivity index (χ4v) is 11.9. The molecule has 2 heterocycles. The quantitative estimate of drug-likeness (QED) is 0.157. The summed E-state index contributed by atoms with van der Waals surface area (Å²) in [6.07, 6.45) is 0. The van der Waals surface area contributed by atoms with Gasteiger partial charge >= 0.3 is 0 Å². The van der Waals surface area contributed by atoms with Gasteiger partial charge in [0.05, 0.1) is 0 Å². The van der Waals surface area contributed by atoms with Crippen LogP contribution in [0.4, 0.5) is 0 Å². The van der Waals surface area contributed by atoms with Crippen molar-refractivity contribution in [3.8, 4) is 33.4 Å². The normalized spacial score (nSPS) is 13.6. The minimum absolute atomic E-state index is 0.124. The lowest BCUT2D eigenvalue weighted by atomic mass is 9.79. The molecule has 53 heavy (non-hydrogen) atoms. The van der Waals surface area contributed by atoms with Gasteiger partial charge in [0.2, 0.25) is 0 Å². The Balaban J connectivity index is 1.10. The van der Waals surface area contributed by atoms with E-state index in [1.54, 1.807) is 0 Å². The van der Waals surface area contributed by atoms with Crippen LogP contribution in [0.15, 0.2) is 158 Å². The summed E-state index contributed by atoms with van der Waals surface area (Å²) < 4.78 is 5.39. The summed E-state index contributed by atoms with van der Waals surface area (Å²) in [5.41, 5.74) is 10.6. The summed E-state index contributed by atoms with van der Waals surface area (Å²) in [5.74, 6) is 0. The molecular weight excluding hydrogens is 677 g/mol. The van der Waals surface area contributed by atoms with Gasteiger partial charge in [-0.2, -0.15) is 0 Å². The van der Waals surface area contributed by atoms with Gasteiger partial charge in [-0.1, -0.05) is 129 Å². The summed E-state index contributed by atoms with van der Waals surface area (Å²) in [6.45, 7) is 4.83. The maximum Gasteiger partial charge on any atom is 0.0361 e. The van der Waals surface area contributed by atoms with Gasteiger partial charge in [-0.3, -0.25) is 0 Å². The summed E-state index contributed by atoms with van der Waals surface area (Å²) in [5, 5.41) is 13.2. The highest BCUT2D eigenvalue weighted by molar-refractivity contribution is 7.26. The van der Waals surface area contributed by atoms with Gasteiger partial charge in [0.15, 0.2) is 0 Å². The molecule has 11 aromatic rings. The molecule has 0 radical (unpaired) electrons. The Hall–Kier alpha value is -5.80. The van der Waals surface area contributed by atoms with Gasteiger partial charge in [-0.05, 0) is 119 Å². The Bertz CT molecular complexity index is 3310. The average Bonchev–Trinajstić information content (AvgIpc) is 3.82. The fourth-order valence-electron chi connectivity index (χ4n) is 9.68. The fraction of sp³-hybridized carbons (Fsp3) is 0.0588. The number of benzene rings is 9. The van der Waals surface area contributed by atoms with Crippen molar-refractivity contribution in [2.45, 2.75) is 19.3 Å². The SMILES string of the molecule is CC1(C)c2ccc(-c3c4ccccc4c(-c4ccc5sc6ccccc6c5c4)c4ccccc34)cc2-c2ccc3cc4sc5ccccc5c4cc3c21. The third-order valence-corrected chi connectivity index (χ3v) is 14.3. The lowest BCUT2D eigenvalue weighted by Gasteiger charge is -2.23. The van der Waals surface area contributed by atoms with E-state index >= 15 is 0 Å². The molecule has 9 aromatic carbocycles. The molecule has 248 valence electrons. The van der Waals surface area contributed by atoms with Crippen molar-refractivity contribution in [3.05, 3.63) is 169 Å². The van der Waals surface area contributed by atoms with E-state index in [-0.39, 0.29) is 5.41 Å². The van der Waals surface area contributed by atoms with Crippen LogP contribution < -0.4 is 0 Å². The van der Waals surface area contributed by atoms with E-state index in [1.807, 2.05) is 22.7 Å². The molecule has 0 bridgehead atoms. The minimum Gasteiger partial charge on any atom is -0.135 e. The highest BCUT2D eigenvalue weighted by Crippen LogP contribution is 2.54. The van der Waals surface area contributed by atoms with Crippen molar-refractivity contribution in [2.75, 3.05) is 0 Å². The van der Waals surface area contributed by atoms with Crippen LogP contribution in [0.2, 0.25) is 0 Å². The number of hydrogen-bond donors (Lipinski definition) is 0. The number of fused-ring (bicyclic) bond motifs is 13. The summed E-state index contributed by atoms with van der Waals surface area (Å²) in [7, 11) is 0. The van der Waals surface area contributed by atoms with Crippen molar-refractivity contribution in [1.82, 2.24) is 0 Å². The zero-order chi connectivity index (χ0) is 35.0. The maximum atomic E-state index is 2.49. The molecule has 0 saturated heterocycles. The Morgan fingerprint density at radius 2 is 0.868 bits per heavy atom. The van der Waals surface area contributed by atoms with Crippen molar-refractivity contribution in [3.63, 3.8) is 0 Å². The Morgan fingerprint density at radius 1 is 0.358 bits per heavy atom. The molecule has 0 fully saturated rings. The van der Waals surface area contributed by atoms with Crippen LogP contribution in [0, 0.1) is 0 Å². The van der Waals surface area contributed by atoms with Crippen molar-refractivity contribution in [1.29, 1.82) is 0 Å². The highest BCUT2D eigenvalue weighted by Gasteiger charge is 2.37. The molecule has 0 aliphatic heterocycles. The average molecular weight is 709 g/mol. The van der Waals surface area contributed by atoms with Crippen molar-refractivity contribution < 1.29 is 0 Å². The summed E-state index contributed by atoms with van der Waals surface area (Å²) in [6, 6.07) is 59.7. The molecule has 0 unspecified atom stereocenters. The van der Waals surface area contributed by atoms with Crippen LogP contribution in [-0.4, -0.2) is 0 Å². The van der Waals surface area contributed by atoms with Crippen molar-refractivity contribution >= 4 is 95.3 Å². The van der Waals surface area contributed by atoms with Gasteiger partial charge in [0, 0.05) is 45.8 Å². The van der Waals surface area contributed by atoms with E-state index in [2.05, 4.69) is 172 Å². The summed E-state index contributed by atoms with van der Waals surface area (Å²) in [4.78, 5) is 0. The first-order valence-corrected chi connectivity index (χ1v) is 20.1. The van der Waals surface area contributed by atoms with E-state index < -0.39 is 0 Å². The molecule has 0 N–H and O–H groups in total. The predicted octanol–water partition coefficient (Wildman–Crippen LogP) is 15.5. The van der Waals surface area contributed by atoms with Gasteiger partial charge in [-0.15, -0.1) is 22.7 Å². The third-order valence-electron chi connectivity index (χ3n) is 12.0. The van der Waals surface area contributed by atoms with Crippen LogP contribution >= 0.6 is 22.7 Å². The highest BCUT2D eigenvalue weighted by atomic mass is 32.1. The molecule has 2 heteroatoms. The molecule has 0 spiro atoms. The molecule has 1 aliphatic carbocycles. The number of hydrogen-bond acceptors (Lipinski definition) is 2. The second-order valence-corrected chi connectivity index (χ2v) is 17.4. The van der Waals surface area contributed by atoms with Gasteiger partial charge in [-0.25, -0.2) is 0 Å². The first kappa shape index (κ1) is 29.7.